The predicted molar refractivity (Wildman–Crippen MR) is 90.8 cm³/mol. The predicted octanol–water partition coefficient (Wildman–Crippen LogP) is 3.24. The molecule has 23 heavy (non-hydrogen) atoms. The average molecular weight is 362 g/mol. The summed E-state index contributed by atoms with van der Waals surface area (Å²) in [6, 6.07) is 3.21. The number of hydrogen-bond donors (Lipinski definition) is 0. The Morgan fingerprint density at radius 3 is 2.61 bits per heavy atom. The van der Waals surface area contributed by atoms with E-state index in [0.717, 1.165) is 24.8 Å². The van der Waals surface area contributed by atoms with E-state index in [0.29, 0.717) is 43.7 Å². The van der Waals surface area contributed by atoms with Crippen LogP contribution in [-0.2, 0) is 14.8 Å². The Morgan fingerprint density at radius 1 is 1.26 bits per heavy atom. The molecule has 7 heteroatoms. The van der Waals surface area contributed by atoms with E-state index in [2.05, 4.69) is 6.92 Å². The van der Waals surface area contributed by atoms with Crippen molar-refractivity contribution in [3.05, 3.63) is 22.7 Å². The minimum absolute atomic E-state index is 0.145. The van der Waals surface area contributed by atoms with Crippen molar-refractivity contribution in [3.63, 3.8) is 0 Å². The average Bonchev–Trinajstić information content (AvgIpc) is 2.55. The fraction of sp³-hybridized carbons (Fsp3) is 0.625. The zero-order valence-electron chi connectivity index (χ0n) is 13.7. The quantitative estimate of drug-likeness (QED) is 0.699. The highest BCUT2D eigenvalue weighted by atomic mass is 35.5. The van der Waals surface area contributed by atoms with E-state index in [9.17, 15) is 8.42 Å². The van der Waals surface area contributed by atoms with Crippen LogP contribution in [0, 0.1) is 6.92 Å². The van der Waals surface area contributed by atoms with Crippen LogP contribution in [0.15, 0.2) is 17.0 Å². The van der Waals surface area contributed by atoms with Crippen molar-refractivity contribution in [2.45, 2.75) is 38.0 Å². The lowest BCUT2D eigenvalue weighted by Gasteiger charge is -2.27. The van der Waals surface area contributed by atoms with Crippen molar-refractivity contribution in [2.75, 3.05) is 32.9 Å². The molecule has 0 unspecified atom stereocenters. The molecule has 5 nitrogen and oxygen atoms in total. The number of nitrogens with zero attached hydrogens (tertiary/aromatic N) is 1. The number of sulfonamides is 1. The van der Waals surface area contributed by atoms with Crippen LogP contribution < -0.4 is 4.74 Å². The lowest BCUT2D eigenvalue weighted by Crippen LogP contribution is -2.40. The summed E-state index contributed by atoms with van der Waals surface area (Å²) in [4.78, 5) is 0.145. The molecule has 0 saturated carbocycles. The number of morpholine rings is 1. The Bertz CT molecular complexity index is 627. The first kappa shape index (κ1) is 18.5. The van der Waals surface area contributed by atoms with E-state index in [-0.39, 0.29) is 4.90 Å². The molecule has 1 fully saturated rings. The normalized spacial score (nSPS) is 16.5. The van der Waals surface area contributed by atoms with Gasteiger partial charge >= 0.3 is 0 Å². The van der Waals surface area contributed by atoms with Gasteiger partial charge in [0.2, 0.25) is 10.0 Å². The van der Waals surface area contributed by atoms with Gasteiger partial charge in [0.25, 0.3) is 0 Å². The SMILES string of the molecule is CCCCCOc1cc(C)c(Cl)cc1S(=O)(=O)N1CCOCC1. The molecule has 0 amide bonds. The third-order valence-corrected chi connectivity index (χ3v) is 6.15. The number of rotatable bonds is 7. The second-order valence-corrected chi connectivity index (χ2v) is 7.93. The molecule has 0 bridgehead atoms. The van der Waals surface area contributed by atoms with Crippen molar-refractivity contribution >= 4 is 21.6 Å². The lowest BCUT2D eigenvalue weighted by atomic mass is 10.2. The zero-order chi connectivity index (χ0) is 16.9. The number of benzene rings is 1. The number of halogens is 1. The Labute approximate surface area is 143 Å². The lowest BCUT2D eigenvalue weighted by molar-refractivity contribution is 0.0729. The standard InChI is InChI=1S/C16H24ClNO4S/c1-3-4-5-8-22-15-11-13(2)14(17)12-16(15)23(19,20)18-6-9-21-10-7-18/h11-12H,3-10H2,1-2H3. The first-order valence-corrected chi connectivity index (χ1v) is 9.79. The van der Waals surface area contributed by atoms with E-state index in [4.69, 9.17) is 21.1 Å². The molecule has 1 aliphatic heterocycles. The van der Waals surface area contributed by atoms with Crippen LogP contribution in [-0.4, -0.2) is 45.6 Å². The molecule has 0 atom stereocenters. The summed E-state index contributed by atoms with van der Waals surface area (Å²) in [5.74, 6) is 0.384. The monoisotopic (exact) mass is 361 g/mol. The molecule has 1 aliphatic rings. The first-order chi connectivity index (χ1) is 11.0. The maximum atomic E-state index is 12.9. The maximum Gasteiger partial charge on any atom is 0.246 e. The Balaban J connectivity index is 2.29. The van der Waals surface area contributed by atoms with Crippen molar-refractivity contribution < 1.29 is 17.9 Å². The zero-order valence-corrected chi connectivity index (χ0v) is 15.3. The molecule has 0 spiro atoms. The minimum Gasteiger partial charge on any atom is -0.492 e. The molecule has 0 aromatic heterocycles. The molecular weight excluding hydrogens is 338 g/mol. The summed E-state index contributed by atoms with van der Waals surface area (Å²) in [5.41, 5.74) is 0.804. The molecule has 1 saturated heterocycles. The summed E-state index contributed by atoms with van der Waals surface area (Å²) in [6.07, 6.45) is 3.04. The van der Waals surface area contributed by atoms with Crippen LogP contribution in [0.4, 0.5) is 0 Å². The van der Waals surface area contributed by atoms with Crippen molar-refractivity contribution in [1.82, 2.24) is 4.31 Å². The number of ether oxygens (including phenoxy) is 2. The van der Waals surface area contributed by atoms with Gasteiger partial charge in [0.15, 0.2) is 0 Å². The highest BCUT2D eigenvalue weighted by Gasteiger charge is 2.30. The van der Waals surface area contributed by atoms with Crippen LogP contribution in [0.1, 0.15) is 31.7 Å². The van der Waals surface area contributed by atoms with Crippen LogP contribution in [0.2, 0.25) is 5.02 Å². The molecule has 0 N–H and O–H groups in total. The van der Waals surface area contributed by atoms with Crippen LogP contribution in [0.5, 0.6) is 5.75 Å². The molecule has 1 heterocycles. The van der Waals surface area contributed by atoms with Gasteiger partial charge in [0.05, 0.1) is 19.8 Å². The molecule has 1 aromatic carbocycles. The van der Waals surface area contributed by atoms with E-state index < -0.39 is 10.0 Å². The largest absolute Gasteiger partial charge is 0.492 e. The first-order valence-electron chi connectivity index (χ1n) is 7.97. The smallest absolute Gasteiger partial charge is 0.246 e. The van der Waals surface area contributed by atoms with Crippen molar-refractivity contribution in [1.29, 1.82) is 0 Å². The van der Waals surface area contributed by atoms with E-state index >= 15 is 0 Å². The van der Waals surface area contributed by atoms with Crippen molar-refractivity contribution in [3.8, 4) is 5.75 Å². The van der Waals surface area contributed by atoms with Gasteiger partial charge in [-0.15, -0.1) is 0 Å². The molecular formula is C16H24ClNO4S. The summed E-state index contributed by atoms with van der Waals surface area (Å²) in [7, 11) is -3.63. The van der Waals surface area contributed by atoms with E-state index in [1.165, 1.54) is 10.4 Å². The van der Waals surface area contributed by atoms with Gasteiger partial charge in [-0.1, -0.05) is 31.4 Å². The summed E-state index contributed by atoms with van der Waals surface area (Å²) < 4.78 is 38.2. The topological polar surface area (TPSA) is 55.8 Å². The van der Waals surface area contributed by atoms with E-state index in [1.807, 2.05) is 6.92 Å². The van der Waals surface area contributed by atoms with Gasteiger partial charge < -0.3 is 9.47 Å². The molecule has 0 radical (unpaired) electrons. The van der Waals surface area contributed by atoms with Gasteiger partial charge in [0, 0.05) is 18.1 Å². The third kappa shape index (κ3) is 4.59. The second kappa shape index (κ2) is 8.33. The highest BCUT2D eigenvalue weighted by Crippen LogP contribution is 2.32. The van der Waals surface area contributed by atoms with Crippen LogP contribution in [0.25, 0.3) is 0 Å². The van der Waals surface area contributed by atoms with Crippen LogP contribution in [0.3, 0.4) is 0 Å². The number of aryl methyl sites for hydroxylation is 1. The Kier molecular flexibility index (Phi) is 6.71. The third-order valence-electron chi connectivity index (χ3n) is 3.82. The van der Waals surface area contributed by atoms with Gasteiger partial charge in [-0.3, -0.25) is 0 Å². The van der Waals surface area contributed by atoms with E-state index in [1.54, 1.807) is 6.07 Å². The second-order valence-electron chi connectivity index (χ2n) is 5.62. The minimum atomic E-state index is -3.63. The summed E-state index contributed by atoms with van der Waals surface area (Å²) in [6.45, 7) is 5.97. The molecule has 0 aliphatic carbocycles. The van der Waals surface area contributed by atoms with Gasteiger partial charge in [-0.2, -0.15) is 4.31 Å². The summed E-state index contributed by atoms with van der Waals surface area (Å²) in [5, 5.41) is 0.428. The highest BCUT2D eigenvalue weighted by molar-refractivity contribution is 7.89. The molecule has 130 valence electrons. The molecule has 2 rings (SSSR count). The fourth-order valence-electron chi connectivity index (χ4n) is 2.41. The number of hydrogen-bond acceptors (Lipinski definition) is 4. The van der Waals surface area contributed by atoms with Gasteiger partial charge in [-0.25, -0.2) is 8.42 Å². The van der Waals surface area contributed by atoms with Crippen LogP contribution >= 0.6 is 11.6 Å². The summed E-state index contributed by atoms with van der Waals surface area (Å²) >= 11 is 6.15. The fourth-order valence-corrected chi connectivity index (χ4v) is 4.19. The number of unbranched alkanes of at least 4 members (excludes halogenated alkanes) is 2. The Morgan fingerprint density at radius 2 is 1.96 bits per heavy atom. The van der Waals surface area contributed by atoms with Gasteiger partial charge in [0.1, 0.15) is 10.6 Å². The van der Waals surface area contributed by atoms with Crippen molar-refractivity contribution in [2.24, 2.45) is 0 Å². The maximum absolute atomic E-state index is 12.9. The Hall–Kier alpha value is -0.820. The van der Waals surface area contributed by atoms with Gasteiger partial charge in [-0.05, 0) is 31.0 Å². The molecule has 1 aromatic rings.